The number of pyridine rings is 1. The van der Waals surface area contributed by atoms with Crippen LogP contribution in [0.5, 0.6) is 0 Å². The average molecular weight is 448 g/mol. The van der Waals surface area contributed by atoms with Crippen molar-refractivity contribution in [3.8, 4) is 0 Å². The van der Waals surface area contributed by atoms with E-state index in [-0.39, 0.29) is 23.6 Å². The zero-order valence-corrected chi connectivity index (χ0v) is 19.4. The van der Waals surface area contributed by atoms with E-state index in [4.69, 9.17) is 4.74 Å². The number of ether oxygens (including phenoxy) is 1. The number of hydrogen-bond donors (Lipinski definition) is 0. The van der Waals surface area contributed by atoms with Crippen molar-refractivity contribution in [2.24, 2.45) is 17.3 Å². The Bertz CT molecular complexity index is 1180. The zero-order valence-electron chi connectivity index (χ0n) is 19.4. The van der Waals surface area contributed by atoms with Crippen molar-refractivity contribution in [2.45, 2.75) is 39.3 Å². The molecule has 5 rings (SSSR count). The smallest absolute Gasteiger partial charge is 0.235 e. The van der Waals surface area contributed by atoms with Crippen molar-refractivity contribution in [3.63, 3.8) is 0 Å². The lowest BCUT2D eigenvalue weighted by atomic mass is 9.79. The van der Waals surface area contributed by atoms with E-state index in [0.29, 0.717) is 19.6 Å². The van der Waals surface area contributed by atoms with Crippen molar-refractivity contribution in [3.05, 3.63) is 42.1 Å². The van der Waals surface area contributed by atoms with Gasteiger partial charge in [0.25, 0.3) is 0 Å². The van der Waals surface area contributed by atoms with E-state index >= 15 is 0 Å². The van der Waals surface area contributed by atoms with Gasteiger partial charge >= 0.3 is 0 Å². The first-order chi connectivity index (χ1) is 15.8. The van der Waals surface area contributed by atoms with Gasteiger partial charge in [0, 0.05) is 37.3 Å². The van der Waals surface area contributed by atoms with E-state index < -0.39 is 23.3 Å². The molecule has 0 aliphatic carbocycles. The van der Waals surface area contributed by atoms with Crippen LogP contribution in [0.15, 0.2) is 36.5 Å². The second kappa shape index (κ2) is 7.76. The number of carbonyl (C=O) groups excluding carboxylic acids is 3. The van der Waals surface area contributed by atoms with Gasteiger partial charge in [0.05, 0.1) is 29.1 Å². The van der Waals surface area contributed by atoms with E-state index in [0.717, 1.165) is 22.2 Å². The van der Waals surface area contributed by atoms with E-state index in [2.05, 4.69) is 4.98 Å². The number of Topliss-reactive ketones (excluding diaryl/α,β-unsaturated/α-hetero) is 1. The summed E-state index contributed by atoms with van der Waals surface area (Å²) >= 11 is 0. The number of imide groups is 1. The molecule has 0 radical (unpaired) electrons. The number of fused-ring (bicyclic) bond motifs is 7. The van der Waals surface area contributed by atoms with Gasteiger partial charge in [-0.1, -0.05) is 51.1 Å². The second-order valence-corrected chi connectivity index (χ2v) is 10.1. The quantitative estimate of drug-likeness (QED) is 0.518. The molecule has 1 aromatic heterocycles. The number of anilines is 1. The molecule has 172 valence electrons. The highest BCUT2D eigenvalue weighted by Gasteiger charge is 2.64. The Morgan fingerprint density at radius 3 is 2.61 bits per heavy atom. The predicted octanol–water partition coefficient (Wildman–Crippen LogP) is 3.07. The van der Waals surface area contributed by atoms with Crippen molar-refractivity contribution >= 4 is 40.3 Å². The third-order valence-electron chi connectivity index (χ3n) is 7.07. The first kappa shape index (κ1) is 21.8. The molecule has 7 heteroatoms. The third-order valence-corrected chi connectivity index (χ3v) is 7.07. The minimum absolute atomic E-state index is 0.0333. The fourth-order valence-corrected chi connectivity index (χ4v) is 5.57. The molecule has 0 N–H and O–H groups in total. The lowest BCUT2D eigenvalue weighted by Crippen LogP contribution is -2.51. The van der Waals surface area contributed by atoms with Gasteiger partial charge in [-0.15, -0.1) is 0 Å². The molecule has 2 amide bonds. The lowest BCUT2D eigenvalue weighted by Gasteiger charge is -2.39. The molecule has 0 unspecified atom stereocenters. The molecule has 0 saturated carbocycles. The Hall–Kier alpha value is -3.06. The highest BCUT2D eigenvalue weighted by Crippen LogP contribution is 2.51. The van der Waals surface area contributed by atoms with Crippen LogP contribution < -0.4 is 4.90 Å². The summed E-state index contributed by atoms with van der Waals surface area (Å²) in [5.74, 6) is -1.76. The molecule has 2 saturated heterocycles. The summed E-state index contributed by atoms with van der Waals surface area (Å²) in [6.07, 6.45) is 6.29. The number of amides is 2. The van der Waals surface area contributed by atoms with Crippen LogP contribution in [0, 0.1) is 17.3 Å². The number of ketones is 1. The summed E-state index contributed by atoms with van der Waals surface area (Å²) in [6.45, 7) is 6.40. The van der Waals surface area contributed by atoms with Crippen LogP contribution in [0.4, 0.5) is 5.69 Å². The van der Waals surface area contributed by atoms with Crippen molar-refractivity contribution in [1.82, 2.24) is 9.88 Å². The summed E-state index contributed by atoms with van der Waals surface area (Å²) in [7, 11) is 1.60. The van der Waals surface area contributed by atoms with Crippen LogP contribution in [0.2, 0.25) is 0 Å². The lowest BCUT2D eigenvalue weighted by molar-refractivity contribution is -0.142. The van der Waals surface area contributed by atoms with Crippen LogP contribution >= 0.6 is 0 Å². The van der Waals surface area contributed by atoms with E-state index in [9.17, 15) is 14.4 Å². The van der Waals surface area contributed by atoms with E-state index in [1.54, 1.807) is 13.3 Å². The summed E-state index contributed by atoms with van der Waals surface area (Å²) in [6, 6.07) is 6.81. The maximum absolute atomic E-state index is 13.8. The minimum Gasteiger partial charge on any atom is -0.385 e. The van der Waals surface area contributed by atoms with Gasteiger partial charge in [0.2, 0.25) is 11.8 Å². The number of benzene rings is 1. The van der Waals surface area contributed by atoms with Crippen LogP contribution in [0.25, 0.3) is 17.0 Å². The third kappa shape index (κ3) is 3.21. The molecule has 1 aromatic carbocycles. The SMILES string of the molecule is COCCCN1C(=O)[C@@H]2[C@H](C1=O)[C@H](C(=O)C(C)(C)C)N1c3c(ccc4cccnc34)C=C[C@H]21. The number of hydrogen-bond acceptors (Lipinski definition) is 6. The molecular formula is C26H29N3O4. The number of carbonyl (C=O) groups is 3. The van der Waals surface area contributed by atoms with Gasteiger partial charge in [-0.2, -0.15) is 0 Å². The Kier molecular flexibility index (Phi) is 5.12. The summed E-state index contributed by atoms with van der Waals surface area (Å²) in [4.78, 5) is 49.0. The molecule has 4 atom stereocenters. The monoisotopic (exact) mass is 447 g/mol. The number of rotatable bonds is 5. The normalized spacial score (nSPS) is 26.1. The van der Waals surface area contributed by atoms with Crippen LogP contribution in [0.1, 0.15) is 32.8 Å². The Morgan fingerprint density at radius 1 is 1.12 bits per heavy atom. The number of nitrogens with zero attached hydrogens (tertiary/aromatic N) is 3. The van der Waals surface area contributed by atoms with Gasteiger partial charge in [-0.25, -0.2) is 0 Å². The van der Waals surface area contributed by atoms with Gasteiger partial charge in [-0.3, -0.25) is 24.3 Å². The number of methoxy groups -OCH3 is 1. The summed E-state index contributed by atoms with van der Waals surface area (Å²) in [5.41, 5.74) is 1.90. The molecule has 7 nitrogen and oxygen atoms in total. The zero-order chi connectivity index (χ0) is 23.5. The molecular weight excluding hydrogens is 418 g/mol. The van der Waals surface area contributed by atoms with Crippen molar-refractivity contribution in [2.75, 3.05) is 25.2 Å². The van der Waals surface area contributed by atoms with Gasteiger partial charge in [0.15, 0.2) is 5.78 Å². The van der Waals surface area contributed by atoms with Crippen molar-refractivity contribution < 1.29 is 19.1 Å². The number of aromatic nitrogens is 1. The summed E-state index contributed by atoms with van der Waals surface area (Å²) in [5, 5.41) is 0.961. The first-order valence-electron chi connectivity index (χ1n) is 11.5. The highest BCUT2D eigenvalue weighted by molar-refractivity contribution is 6.13. The maximum atomic E-state index is 13.8. The van der Waals surface area contributed by atoms with E-state index in [1.165, 1.54) is 4.90 Å². The van der Waals surface area contributed by atoms with Gasteiger partial charge < -0.3 is 9.64 Å². The first-order valence-corrected chi connectivity index (χ1v) is 11.5. The molecule has 4 heterocycles. The maximum Gasteiger partial charge on any atom is 0.235 e. The molecule has 3 aliphatic rings. The molecule has 0 bridgehead atoms. The molecule has 2 fully saturated rings. The minimum atomic E-state index is -0.722. The Balaban J connectivity index is 1.66. The predicted molar refractivity (Wildman–Crippen MR) is 125 cm³/mol. The average Bonchev–Trinajstić information content (AvgIpc) is 3.26. The molecule has 3 aliphatic heterocycles. The topological polar surface area (TPSA) is 79.8 Å². The van der Waals surface area contributed by atoms with Crippen LogP contribution in [-0.4, -0.2) is 59.8 Å². The van der Waals surface area contributed by atoms with E-state index in [1.807, 2.05) is 62.1 Å². The summed E-state index contributed by atoms with van der Waals surface area (Å²) < 4.78 is 5.11. The largest absolute Gasteiger partial charge is 0.385 e. The fraction of sp³-hybridized carbons (Fsp3) is 0.462. The second-order valence-electron chi connectivity index (χ2n) is 10.1. The standard InChI is InChI=1S/C26H29N3O4/c1-26(2,3)23(30)22-19-18(24(31)28(25(19)32)13-6-14-33-4)17-11-10-16-9-8-15-7-5-12-27-20(15)21(16)29(17)22/h5,7-12,17-19,22H,6,13-14H2,1-4H3/t17-,18+,19+,22-/m1/s1. The molecule has 33 heavy (non-hydrogen) atoms. The molecule has 0 spiro atoms. The van der Waals surface area contributed by atoms with Gasteiger partial charge in [0.1, 0.15) is 6.04 Å². The fourth-order valence-electron chi connectivity index (χ4n) is 5.57. The van der Waals surface area contributed by atoms with Crippen LogP contribution in [-0.2, 0) is 19.1 Å². The van der Waals surface area contributed by atoms with Crippen LogP contribution in [0.3, 0.4) is 0 Å². The molecule has 2 aromatic rings. The Morgan fingerprint density at radius 2 is 1.88 bits per heavy atom. The number of likely N-dealkylation sites (tertiary alicyclic amines) is 1. The van der Waals surface area contributed by atoms with Gasteiger partial charge in [-0.05, 0) is 18.1 Å². The highest BCUT2D eigenvalue weighted by atomic mass is 16.5. The Labute approximate surface area is 193 Å². The van der Waals surface area contributed by atoms with Crippen molar-refractivity contribution in [1.29, 1.82) is 0 Å².